The van der Waals surface area contributed by atoms with Crippen LogP contribution in [0.2, 0.25) is 0 Å². The molecule has 7 heteroatoms. The number of hydrogen-bond donors (Lipinski definition) is 0. The van der Waals surface area contributed by atoms with Crippen molar-refractivity contribution in [3.8, 4) is 90.2 Å². The van der Waals surface area contributed by atoms with Crippen molar-refractivity contribution in [3.63, 3.8) is 0 Å². The molecule has 0 bridgehead atoms. The van der Waals surface area contributed by atoms with Crippen molar-refractivity contribution in [2.75, 3.05) is 0 Å². The van der Waals surface area contributed by atoms with Crippen LogP contribution in [0, 0.1) is 0 Å². The average molecular weight is 1640 g/mol. The van der Waals surface area contributed by atoms with Gasteiger partial charge in [0.15, 0.2) is 5.82 Å². The van der Waals surface area contributed by atoms with Gasteiger partial charge < -0.3 is 18.3 Å². The maximum Gasteiger partial charge on any atom is 0.160 e. The second kappa shape index (κ2) is 30.1. The van der Waals surface area contributed by atoms with Crippen LogP contribution in [-0.4, -0.2) is 33.2 Å². The zero-order valence-electron chi connectivity index (χ0n) is 69.4. The van der Waals surface area contributed by atoms with Crippen LogP contribution in [0.4, 0.5) is 0 Å². The summed E-state index contributed by atoms with van der Waals surface area (Å²) in [6.07, 6.45) is 1.90. The zero-order chi connectivity index (χ0) is 84.0. The number of hydrogen-bond acceptors (Lipinski definition) is 3. The highest BCUT2D eigenvalue weighted by Gasteiger charge is 2.23. The fraction of sp³-hybridized carbons (Fsp3) is 0.00820. The van der Waals surface area contributed by atoms with Gasteiger partial charge in [-0.1, -0.05) is 323 Å². The van der Waals surface area contributed by atoms with Gasteiger partial charge in [-0.05, 0) is 226 Å². The minimum Gasteiger partial charge on any atom is -0.309 e. The van der Waals surface area contributed by atoms with E-state index in [1.807, 2.05) is 18.3 Å². The third-order valence-corrected chi connectivity index (χ3v) is 26.6. The van der Waals surface area contributed by atoms with Crippen molar-refractivity contribution in [2.24, 2.45) is 0 Å². The van der Waals surface area contributed by atoms with Gasteiger partial charge >= 0.3 is 0 Å². The Morgan fingerprint density at radius 3 is 0.829 bits per heavy atom. The molecule has 27 aromatic rings. The summed E-state index contributed by atoms with van der Waals surface area (Å²) in [6, 6.07) is 163. The number of pyridine rings is 1. The lowest BCUT2D eigenvalue weighted by Crippen LogP contribution is -1.98. The number of para-hydroxylation sites is 4. The normalized spacial score (nSPS) is 11.8. The Kier molecular flexibility index (Phi) is 17.4. The predicted molar refractivity (Wildman–Crippen MR) is 546 cm³/mol. The molecule has 6 aromatic heterocycles. The van der Waals surface area contributed by atoms with Crippen molar-refractivity contribution < 1.29 is 0 Å². The second-order valence-electron chi connectivity index (χ2n) is 33.7. The molecular formula is C122H79N7. The molecule has 0 atom stereocenters. The molecule has 6 heterocycles. The molecule has 0 radical (unpaired) electrons. The highest BCUT2D eigenvalue weighted by Crippen LogP contribution is 2.46. The molecule has 0 amide bonds. The van der Waals surface area contributed by atoms with Crippen LogP contribution < -0.4 is 0 Å². The highest BCUT2D eigenvalue weighted by atomic mass is 15.0. The maximum atomic E-state index is 5.16. The first-order valence-electron chi connectivity index (χ1n) is 43.8. The van der Waals surface area contributed by atoms with Crippen LogP contribution in [0.15, 0.2) is 455 Å². The Labute approximate surface area is 743 Å². The fourth-order valence-corrected chi connectivity index (χ4v) is 20.8. The summed E-state index contributed by atoms with van der Waals surface area (Å²) in [5.74, 6) is 0.689. The first-order valence-corrected chi connectivity index (χ1v) is 43.8. The smallest absolute Gasteiger partial charge is 0.160 e. The lowest BCUT2D eigenvalue weighted by atomic mass is 9.94. The third-order valence-electron chi connectivity index (χ3n) is 26.6. The molecule has 0 aliphatic heterocycles. The summed E-state index contributed by atoms with van der Waals surface area (Å²) in [5.41, 5.74) is 25.7. The van der Waals surface area contributed by atoms with Crippen molar-refractivity contribution >= 4 is 163 Å². The third kappa shape index (κ3) is 12.1. The molecule has 0 saturated carbocycles. The molecule has 0 saturated heterocycles. The lowest BCUT2D eigenvalue weighted by molar-refractivity contribution is 1.16. The minimum absolute atomic E-state index is 0. The standard InChI is InChI=1S/C64H40N4.C57H35N3.CH4/c1-3-16-41(17-4-1)58-40-59(42-18-5-2-6-19-42)66-64(65-58)45-20-15-21-46(36-45)67-60-28-13-11-26-53(60)56-37-43(30-34-62(56)67)44-31-35-63-57(38-44)54-27-12-14-29-61(54)68(63)47-32-33-52-50-24-8-7-22-48(50)49-23-9-10-25-51(49)55(52)39-47;1-2-12-42-36(11-1)31-32-58-57(42)37-21-25-40(26-22-37)59-53-19-9-7-17-48(53)51-33-38(23-29-55(51)59)39-24-30-56-52(34-39)49-18-8-10-20-54(49)60(56)41-27-28-47-45-15-4-3-13-43(45)44-14-5-6-16-46(44)50(47)35-41;/h1-40H;1-35H;1H4. The van der Waals surface area contributed by atoms with E-state index in [0.717, 1.165) is 78.5 Å². The van der Waals surface area contributed by atoms with E-state index < -0.39 is 0 Å². The van der Waals surface area contributed by atoms with Gasteiger partial charge in [0.25, 0.3) is 0 Å². The van der Waals surface area contributed by atoms with Gasteiger partial charge in [-0.2, -0.15) is 0 Å². The Morgan fingerprint density at radius 1 is 0.155 bits per heavy atom. The molecular weight excluding hydrogens is 1560 g/mol. The van der Waals surface area contributed by atoms with E-state index in [2.05, 4.69) is 455 Å². The lowest BCUT2D eigenvalue weighted by Gasteiger charge is -2.14. The van der Waals surface area contributed by atoms with E-state index in [4.69, 9.17) is 15.0 Å². The maximum absolute atomic E-state index is 5.16. The number of benzene rings is 21. The van der Waals surface area contributed by atoms with Crippen molar-refractivity contribution in [1.29, 1.82) is 0 Å². The van der Waals surface area contributed by atoms with E-state index in [1.54, 1.807) is 0 Å². The summed E-state index contributed by atoms with van der Waals surface area (Å²) < 4.78 is 9.65. The van der Waals surface area contributed by atoms with Gasteiger partial charge in [-0.3, -0.25) is 4.98 Å². The Balaban J connectivity index is 0.000000140. The summed E-state index contributed by atoms with van der Waals surface area (Å²) in [7, 11) is 0. The quantitative estimate of drug-likeness (QED) is 0.128. The second-order valence-corrected chi connectivity index (χ2v) is 33.7. The predicted octanol–water partition coefficient (Wildman–Crippen LogP) is 32.7. The van der Waals surface area contributed by atoms with E-state index in [-0.39, 0.29) is 7.43 Å². The first kappa shape index (κ1) is 74.5. The number of rotatable bonds is 10. The largest absolute Gasteiger partial charge is 0.309 e. The van der Waals surface area contributed by atoms with Crippen LogP contribution in [-0.2, 0) is 0 Å². The number of aromatic nitrogens is 7. The molecule has 602 valence electrons. The van der Waals surface area contributed by atoms with Crippen molar-refractivity contribution in [2.45, 2.75) is 7.43 Å². The summed E-state index contributed by atoms with van der Waals surface area (Å²) in [5, 5.41) is 27.6. The highest BCUT2D eigenvalue weighted by molar-refractivity contribution is 6.28. The van der Waals surface area contributed by atoms with Crippen LogP contribution in [0.25, 0.3) is 253 Å². The van der Waals surface area contributed by atoms with Crippen LogP contribution >= 0.6 is 0 Å². The molecule has 0 aliphatic carbocycles. The van der Waals surface area contributed by atoms with Gasteiger partial charge in [-0.25, -0.2) is 9.97 Å². The van der Waals surface area contributed by atoms with E-state index in [9.17, 15) is 0 Å². The molecule has 0 N–H and O–H groups in total. The van der Waals surface area contributed by atoms with E-state index in [1.165, 1.54) is 168 Å². The molecule has 129 heavy (non-hydrogen) atoms. The van der Waals surface area contributed by atoms with Crippen LogP contribution in [0.1, 0.15) is 7.43 Å². The SMILES string of the molecule is C.c1ccc(-c2cc(-c3ccccc3)nc(-c3cccc(-n4c5ccccc5c5cc(-c6ccc7c(c6)c6ccccc6n7-c6ccc7c8ccccc8c8ccccc8c7c6)ccc54)c3)n2)cc1.c1ccc2c(-c3ccc(-n4c5ccccc5c5cc(-c6ccc7c(c6)c6ccccc6n7-c6ccc7c8ccccc8c8ccccc8c7c6)ccc54)cc3)nccc2c1. The summed E-state index contributed by atoms with van der Waals surface area (Å²) in [6.45, 7) is 0. The Bertz CT molecular complexity index is 9140. The van der Waals surface area contributed by atoms with Crippen LogP contribution in [0.3, 0.4) is 0 Å². The van der Waals surface area contributed by atoms with Gasteiger partial charge in [0.2, 0.25) is 0 Å². The molecule has 7 nitrogen and oxygen atoms in total. The summed E-state index contributed by atoms with van der Waals surface area (Å²) in [4.78, 5) is 15.1. The summed E-state index contributed by atoms with van der Waals surface area (Å²) >= 11 is 0. The fourth-order valence-electron chi connectivity index (χ4n) is 20.8. The minimum atomic E-state index is 0. The monoisotopic (exact) mass is 1640 g/mol. The van der Waals surface area contributed by atoms with E-state index >= 15 is 0 Å². The Hall–Kier alpha value is -17.1. The molecule has 27 rings (SSSR count). The topological polar surface area (TPSA) is 58.4 Å². The molecule has 0 spiro atoms. The van der Waals surface area contributed by atoms with E-state index in [0.29, 0.717) is 5.82 Å². The van der Waals surface area contributed by atoms with Gasteiger partial charge in [-0.15, -0.1) is 0 Å². The van der Waals surface area contributed by atoms with Crippen LogP contribution in [0.5, 0.6) is 0 Å². The number of nitrogens with zero attached hydrogens (tertiary/aromatic N) is 7. The Morgan fingerprint density at radius 2 is 0.442 bits per heavy atom. The molecule has 0 fully saturated rings. The first-order chi connectivity index (χ1) is 63.5. The van der Waals surface area contributed by atoms with Gasteiger partial charge in [0, 0.05) is 99.7 Å². The van der Waals surface area contributed by atoms with Crippen molar-refractivity contribution in [1.82, 2.24) is 33.2 Å². The van der Waals surface area contributed by atoms with Gasteiger partial charge in [0.05, 0.1) is 61.2 Å². The molecule has 0 aliphatic rings. The van der Waals surface area contributed by atoms with Crippen molar-refractivity contribution in [3.05, 3.63) is 455 Å². The average Bonchev–Trinajstić information content (AvgIpc) is 1.72. The zero-order valence-corrected chi connectivity index (χ0v) is 69.4. The number of fused-ring (bicyclic) bond motifs is 25. The molecule has 0 unspecified atom stereocenters. The molecule has 21 aromatic carbocycles. The van der Waals surface area contributed by atoms with Gasteiger partial charge in [0.1, 0.15) is 0 Å².